The van der Waals surface area contributed by atoms with Crippen LogP contribution in [0.5, 0.6) is 0 Å². The quantitative estimate of drug-likeness (QED) is 0.720. The van der Waals surface area contributed by atoms with Gasteiger partial charge in [-0.25, -0.2) is 17.5 Å². The number of amides is 1. The molecule has 0 aliphatic carbocycles. The molecule has 1 fully saturated rings. The van der Waals surface area contributed by atoms with E-state index in [9.17, 15) is 18.0 Å². The second kappa shape index (κ2) is 7.03. The van der Waals surface area contributed by atoms with E-state index in [-0.39, 0.29) is 18.2 Å². The van der Waals surface area contributed by atoms with Gasteiger partial charge >= 0.3 is 5.97 Å². The van der Waals surface area contributed by atoms with E-state index in [0.717, 1.165) is 0 Å². The zero-order valence-electron chi connectivity index (χ0n) is 11.8. The average Bonchev–Trinajstić information content (AvgIpc) is 2.44. The highest BCUT2D eigenvalue weighted by atomic mass is 32.2. The number of carbonyl (C=O) groups excluding carboxylic acids is 1. The summed E-state index contributed by atoms with van der Waals surface area (Å²) in [5, 5.41) is 11.4. The molecule has 8 heteroatoms. The topological polar surface area (TPSA) is 104 Å². The first-order valence-corrected chi connectivity index (χ1v) is 8.43. The maximum atomic E-state index is 12.0. The standard InChI is InChI=1S/C12H22N2O5S/c1-3-10(12(16)17)13-11(15)9-6-5-7-14(8-9)20(18,19)4-2/h9-10H,3-8H2,1-2H3,(H,13,15)(H,16,17). The molecule has 1 aliphatic rings. The number of rotatable bonds is 6. The van der Waals surface area contributed by atoms with E-state index in [2.05, 4.69) is 5.32 Å². The van der Waals surface area contributed by atoms with E-state index < -0.39 is 28.0 Å². The van der Waals surface area contributed by atoms with Crippen molar-refractivity contribution in [3.8, 4) is 0 Å². The third-order valence-electron chi connectivity index (χ3n) is 3.54. The molecule has 2 unspecified atom stereocenters. The van der Waals surface area contributed by atoms with Crippen LogP contribution in [-0.4, -0.2) is 54.6 Å². The Kier molecular flexibility index (Phi) is 5.94. The van der Waals surface area contributed by atoms with Gasteiger partial charge in [-0.05, 0) is 26.2 Å². The summed E-state index contributed by atoms with van der Waals surface area (Å²) in [6.07, 6.45) is 1.49. The number of hydrogen-bond acceptors (Lipinski definition) is 4. The van der Waals surface area contributed by atoms with Crippen LogP contribution in [0.1, 0.15) is 33.1 Å². The number of piperidine rings is 1. The summed E-state index contributed by atoms with van der Waals surface area (Å²) in [6.45, 7) is 3.80. The summed E-state index contributed by atoms with van der Waals surface area (Å²) in [7, 11) is -3.30. The third-order valence-corrected chi connectivity index (χ3v) is 5.38. The Labute approximate surface area is 119 Å². The van der Waals surface area contributed by atoms with Gasteiger partial charge in [0, 0.05) is 13.1 Å². The van der Waals surface area contributed by atoms with Crippen LogP contribution < -0.4 is 5.32 Å². The highest BCUT2D eigenvalue weighted by Crippen LogP contribution is 2.19. The van der Waals surface area contributed by atoms with E-state index in [0.29, 0.717) is 25.8 Å². The fourth-order valence-electron chi connectivity index (χ4n) is 2.22. The number of nitrogens with one attached hydrogen (secondary N) is 1. The number of sulfonamides is 1. The van der Waals surface area contributed by atoms with Crippen LogP contribution >= 0.6 is 0 Å². The average molecular weight is 306 g/mol. The predicted molar refractivity (Wildman–Crippen MR) is 73.6 cm³/mol. The molecule has 0 spiro atoms. The number of hydrogen-bond donors (Lipinski definition) is 2. The Balaban J connectivity index is 2.67. The zero-order valence-corrected chi connectivity index (χ0v) is 12.6. The summed E-state index contributed by atoms with van der Waals surface area (Å²) in [6, 6.07) is -0.916. The van der Waals surface area contributed by atoms with Crippen molar-refractivity contribution in [2.75, 3.05) is 18.8 Å². The molecule has 0 radical (unpaired) electrons. The van der Waals surface area contributed by atoms with Crippen LogP contribution in [0, 0.1) is 5.92 Å². The van der Waals surface area contributed by atoms with Gasteiger partial charge in [-0.2, -0.15) is 0 Å². The van der Waals surface area contributed by atoms with Crippen molar-refractivity contribution >= 4 is 21.9 Å². The van der Waals surface area contributed by atoms with Crippen molar-refractivity contribution in [3.63, 3.8) is 0 Å². The molecule has 2 N–H and O–H groups in total. The molecule has 0 saturated carbocycles. The Morgan fingerprint density at radius 3 is 2.55 bits per heavy atom. The summed E-state index contributed by atoms with van der Waals surface area (Å²) >= 11 is 0. The second-order valence-corrected chi connectivity index (χ2v) is 7.16. The van der Waals surface area contributed by atoms with Crippen LogP contribution in [0.2, 0.25) is 0 Å². The van der Waals surface area contributed by atoms with Crippen LogP contribution in [0.3, 0.4) is 0 Å². The first kappa shape index (κ1) is 16.9. The van der Waals surface area contributed by atoms with Gasteiger partial charge in [-0.1, -0.05) is 6.92 Å². The number of carboxylic acids is 1. The number of carbonyl (C=O) groups is 2. The van der Waals surface area contributed by atoms with Gasteiger partial charge < -0.3 is 10.4 Å². The summed E-state index contributed by atoms with van der Waals surface area (Å²) in [5.74, 6) is -1.92. The Morgan fingerprint density at radius 2 is 2.05 bits per heavy atom. The van der Waals surface area contributed by atoms with Crippen LogP contribution in [-0.2, 0) is 19.6 Å². The van der Waals surface area contributed by atoms with E-state index in [1.54, 1.807) is 13.8 Å². The molecular formula is C12H22N2O5S. The minimum Gasteiger partial charge on any atom is -0.480 e. The zero-order chi connectivity index (χ0) is 15.3. The molecule has 20 heavy (non-hydrogen) atoms. The summed E-state index contributed by atoms with van der Waals surface area (Å²) in [4.78, 5) is 22.9. The molecular weight excluding hydrogens is 284 g/mol. The van der Waals surface area contributed by atoms with Crippen LogP contribution in [0.25, 0.3) is 0 Å². The minimum absolute atomic E-state index is 0.00799. The molecule has 1 rings (SSSR count). The normalized spacial score (nSPS) is 22.2. The monoisotopic (exact) mass is 306 g/mol. The van der Waals surface area contributed by atoms with E-state index in [4.69, 9.17) is 5.11 Å². The Bertz CT molecular complexity index is 462. The lowest BCUT2D eigenvalue weighted by Gasteiger charge is -2.31. The van der Waals surface area contributed by atoms with Crippen LogP contribution in [0.4, 0.5) is 0 Å². The van der Waals surface area contributed by atoms with Gasteiger partial charge in [0.25, 0.3) is 0 Å². The molecule has 1 heterocycles. The molecule has 7 nitrogen and oxygen atoms in total. The predicted octanol–water partition coefficient (Wildman–Crippen LogP) is 0.0275. The lowest BCUT2D eigenvalue weighted by molar-refractivity contribution is -0.142. The molecule has 0 aromatic carbocycles. The first-order chi connectivity index (χ1) is 9.31. The number of nitrogens with zero attached hydrogens (tertiary/aromatic N) is 1. The molecule has 2 atom stereocenters. The van der Waals surface area contributed by atoms with Crippen molar-refractivity contribution in [2.45, 2.75) is 39.2 Å². The van der Waals surface area contributed by atoms with Crippen molar-refractivity contribution < 1.29 is 23.1 Å². The molecule has 0 aromatic heterocycles. The molecule has 116 valence electrons. The Hall–Kier alpha value is -1.15. The fourth-order valence-corrected chi connectivity index (χ4v) is 3.40. The summed E-state index contributed by atoms with van der Waals surface area (Å²) < 4.78 is 24.9. The number of aliphatic carboxylic acids is 1. The largest absolute Gasteiger partial charge is 0.480 e. The van der Waals surface area contributed by atoms with Gasteiger partial charge in [0.2, 0.25) is 15.9 Å². The lowest BCUT2D eigenvalue weighted by Crippen LogP contribution is -2.49. The van der Waals surface area contributed by atoms with Gasteiger partial charge in [-0.15, -0.1) is 0 Å². The second-order valence-electron chi connectivity index (χ2n) is 4.91. The van der Waals surface area contributed by atoms with Crippen molar-refractivity contribution in [1.29, 1.82) is 0 Å². The molecule has 0 aromatic rings. The minimum atomic E-state index is -3.30. The van der Waals surface area contributed by atoms with Crippen LogP contribution in [0.15, 0.2) is 0 Å². The van der Waals surface area contributed by atoms with Crippen molar-refractivity contribution in [3.05, 3.63) is 0 Å². The van der Waals surface area contributed by atoms with E-state index in [1.165, 1.54) is 4.31 Å². The maximum Gasteiger partial charge on any atom is 0.326 e. The fraction of sp³-hybridized carbons (Fsp3) is 0.833. The highest BCUT2D eigenvalue weighted by molar-refractivity contribution is 7.89. The smallest absolute Gasteiger partial charge is 0.326 e. The lowest BCUT2D eigenvalue weighted by atomic mass is 9.98. The van der Waals surface area contributed by atoms with Gasteiger partial charge in [0.15, 0.2) is 0 Å². The van der Waals surface area contributed by atoms with Gasteiger partial charge in [0.1, 0.15) is 6.04 Å². The van der Waals surface area contributed by atoms with Gasteiger partial charge in [-0.3, -0.25) is 4.79 Å². The first-order valence-electron chi connectivity index (χ1n) is 6.82. The Morgan fingerprint density at radius 1 is 1.40 bits per heavy atom. The maximum absolute atomic E-state index is 12.0. The molecule has 0 bridgehead atoms. The van der Waals surface area contributed by atoms with Crippen molar-refractivity contribution in [1.82, 2.24) is 9.62 Å². The molecule has 1 saturated heterocycles. The summed E-state index contributed by atoms with van der Waals surface area (Å²) in [5.41, 5.74) is 0. The highest BCUT2D eigenvalue weighted by Gasteiger charge is 2.32. The number of carboxylic acid groups (broad SMARTS) is 1. The van der Waals surface area contributed by atoms with Gasteiger partial charge in [0.05, 0.1) is 11.7 Å². The molecule has 1 amide bonds. The third kappa shape index (κ3) is 4.17. The SMILES string of the molecule is CCC(NC(=O)C1CCCN(S(=O)(=O)CC)C1)C(=O)O. The molecule has 1 aliphatic heterocycles. The van der Waals surface area contributed by atoms with E-state index in [1.807, 2.05) is 0 Å². The van der Waals surface area contributed by atoms with E-state index >= 15 is 0 Å². The van der Waals surface area contributed by atoms with Crippen molar-refractivity contribution in [2.24, 2.45) is 5.92 Å².